The Morgan fingerprint density at radius 2 is 1.53 bits per heavy atom. The second-order valence-electron chi connectivity index (χ2n) is 6.94. The van der Waals surface area contributed by atoms with E-state index in [1.54, 1.807) is 48.5 Å². The van der Waals surface area contributed by atoms with Gasteiger partial charge >= 0.3 is 0 Å². The number of halogens is 1. The van der Waals surface area contributed by atoms with Gasteiger partial charge in [0.2, 0.25) is 11.6 Å². The van der Waals surface area contributed by atoms with E-state index < -0.39 is 11.9 Å². The van der Waals surface area contributed by atoms with Gasteiger partial charge in [-0.2, -0.15) is 4.98 Å². The summed E-state index contributed by atoms with van der Waals surface area (Å²) in [6, 6.07) is 15.0. The number of aliphatic hydroxyl groups excluding tert-OH is 1. The molecule has 2 aromatic carbocycles. The van der Waals surface area contributed by atoms with Crippen LogP contribution < -0.4 is 14.2 Å². The molecule has 0 radical (unpaired) electrons. The Kier molecular flexibility index (Phi) is 6.95. The van der Waals surface area contributed by atoms with Crippen LogP contribution in [-0.4, -0.2) is 44.0 Å². The van der Waals surface area contributed by atoms with Gasteiger partial charge < -0.3 is 19.3 Å². The molecule has 1 atom stereocenters. The highest BCUT2D eigenvalue weighted by molar-refractivity contribution is 6.31. The normalized spacial score (nSPS) is 11.5. The lowest BCUT2D eigenvalue weighted by molar-refractivity contribution is 0.0777. The van der Waals surface area contributed by atoms with Gasteiger partial charge in [-0.05, 0) is 37.3 Å². The van der Waals surface area contributed by atoms with Crippen LogP contribution >= 0.6 is 11.6 Å². The third kappa shape index (κ3) is 4.95. The van der Waals surface area contributed by atoms with Crippen molar-refractivity contribution in [3.8, 4) is 40.5 Å². The molecule has 0 aliphatic heterocycles. The molecular weight excluding hydrogens is 460 g/mol. The summed E-state index contributed by atoms with van der Waals surface area (Å²) in [5, 5.41) is 9.73. The fourth-order valence-electron chi connectivity index (χ4n) is 2.97. The molecule has 0 fully saturated rings. The van der Waals surface area contributed by atoms with Gasteiger partial charge in [0.1, 0.15) is 11.9 Å². The maximum absolute atomic E-state index is 12.5. The molecule has 10 heteroatoms. The van der Waals surface area contributed by atoms with Crippen molar-refractivity contribution in [1.82, 2.24) is 19.9 Å². The molecule has 1 unspecified atom stereocenters. The average molecular weight is 479 g/mol. The molecule has 0 saturated heterocycles. The predicted molar refractivity (Wildman–Crippen MR) is 124 cm³/mol. The minimum Gasteiger partial charge on any atom is -0.493 e. The summed E-state index contributed by atoms with van der Waals surface area (Å²) in [6.45, 7) is 1.38. The number of ketones is 1. The van der Waals surface area contributed by atoms with Gasteiger partial charge in [-0.1, -0.05) is 35.9 Å². The van der Waals surface area contributed by atoms with Crippen LogP contribution in [0.1, 0.15) is 17.3 Å². The number of hydrogen-bond acceptors (Lipinski definition) is 9. The number of aromatic nitrogens is 4. The summed E-state index contributed by atoms with van der Waals surface area (Å²) in [5.74, 6) is 0.632. The Morgan fingerprint density at radius 3 is 2.21 bits per heavy atom. The minimum absolute atomic E-state index is 0.00912. The molecule has 9 nitrogen and oxygen atoms in total. The molecular formula is C24H19ClN4O5. The summed E-state index contributed by atoms with van der Waals surface area (Å²) in [4.78, 5) is 29.5. The van der Waals surface area contributed by atoms with Crippen LogP contribution in [0.25, 0.3) is 11.6 Å². The lowest BCUT2D eigenvalue weighted by Gasteiger charge is -2.16. The largest absolute Gasteiger partial charge is 0.493 e. The van der Waals surface area contributed by atoms with Gasteiger partial charge in [-0.3, -0.25) is 4.79 Å². The Bertz CT molecular complexity index is 1320. The number of benzene rings is 2. The molecule has 4 aromatic rings. The van der Waals surface area contributed by atoms with Gasteiger partial charge in [0.05, 0.1) is 12.7 Å². The number of rotatable bonds is 8. The fraction of sp³-hybridized carbons (Fsp3) is 0.125. The topological polar surface area (TPSA) is 117 Å². The van der Waals surface area contributed by atoms with Crippen LogP contribution in [0.5, 0.6) is 28.9 Å². The van der Waals surface area contributed by atoms with Crippen LogP contribution in [-0.2, 0) is 0 Å². The molecule has 1 N–H and O–H groups in total. The minimum atomic E-state index is -1.23. The predicted octanol–water partition coefficient (Wildman–Crippen LogP) is 4.74. The van der Waals surface area contributed by atoms with E-state index in [1.165, 1.54) is 32.5 Å². The highest BCUT2D eigenvalue weighted by atomic mass is 35.5. The maximum Gasteiger partial charge on any atom is 0.268 e. The Hall–Kier alpha value is -4.08. The molecule has 0 spiro atoms. The Balaban J connectivity index is 1.84. The van der Waals surface area contributed by atoms with E-state index in [-0.39, 0.29) is 39.7 Å². The summed E-state index contributed by atoms with van der Waals surface area (Å²) in [5.41, 5.74) is 0.160. The molecule has 0 amide bonds. The number of para-hydroxylation sites is 3. The zero-order valence-electron chi connectivity index (χ0n) is 18.2. The van der Waals surface area contributed by atoms with Gasteiger partial charge in [-0.15, -0.1) is 0 Å². The van der Waals surface area contributed by atoms with Crippen LogP contribution in [0.4, 0.5) is 0 Å². The first-order valence-corrected chi connectivity index (χ1v) is 10.5. The zero-order chi connectivity index (χ0) is 24.1. The van der Waals surface area contributed by atoms with Crippen molar-refractivity contribution < 1.29 is 24.1 Å². The molecule has 172 valence electrons. The van der Waals surface area contributed by atoms with E-state index in [0.717, 1.165) is 0 Å². The third-order valence-electron chi connectivity index (χ3n) is 4.58. The Morgan fingerprint density at radius 1 is 0.882 bits per heavy atom. The Labute approximate surface area is 200 Å². The van der Waals surface area contributed by atoms with Crippen molar-refractivity contribution >= 4 is 17.4 Å². The SMILES string of the molecule is COc1ccccc1Oc1c(Cl)nc(-c2ncccn2)nc1Oc1ccccc1C(=O)C(C)O. The summed E-state index contributed by atoms with van der Waals surface area (Å²) in [6.07, 6.45) is 1.85. The lowest BCUT2D eigenvalue weighted by Crippen LogP contribution is -2.17. The standard InChI is InChI=1S/C24H19ClN4O5/c1-14(30)19(31)15-8-3-4-9-16(15)34-24-20(33-18-11-6-5-10-17(18)32-2)21(25)28-23(29-24)22-26-12-7-13-27-22/h3-14,30H,1-2H3. The van der Waals surface area contributed by atoms with Gasteiger partial charge in [0.25, 0.3) is 5.88 Å². The van der Waals surface area contributed by atoms with E-state index in [9.17, 15) is 9.90 Å². The first-order valence-electron chi connectivity index (χ1n) is 10.1. The third-order valence-corrected chi connectivity index (χ3v) is 4.83. The molecule has 0 bridgehead atoms. The molecule has 4 rings (SSSR count). The smallest absolute Gasteiger partial charge is 0.268 e. The van der Waals surface area contributed by atoms with E-state index in [2.05, 4.69) is 19.9 Å². The highest BCUT2D eigenvalue weighted by Crippen LogP contribution is 2.42. The molecule has 2 aromatic heterocycles. The van der Waals surface area contributed by atoms with E-state index in [4.69, 9.17) is 25.8 Å². The van der Waals surface area contributed by atoms with Crippen LogP contribution in [0, 0.1) is 0 Å². The number of nitrogens with zero attached hydrogens (tertiary/aromatic N) is 4. The zero-order valence-corrected chi connectivity index (χ0v) is 18.9. The monoisotopic (exact) mass is 478 g/mol. The van der Waals surface area contributed by atoms with Crippen LogP contribution in [0.15, 0.2) is 67.0 Å². The number of carbonyl (C=O) groups is 1. The number of ether oxygens (including phenoxy) is 3. The van der Waals surface area contributed by atoms with Gasteiger partial charge in [0.15, 0.2) is 28.3 Å². The van der Waals surface area contributed by atoms with E-state index in [1.807, 2.05) is 0 Å². The fourth-order valence-corrected chi connectivity index (χ4v) is 3.17. The van der Waals surface area contributed by atoms with Crippen molar-refractivity contribution in [3.63, 3.8) is 0 Å². The molecule has 0 saturated carbocycles. The molecule has 2 heterocycles. The van der Waals surface area contributed by atoms with Crippen LogP contribution in [0.2, 0.25) is 5.15 Å². The number of methoxy groups -OCH3 is 1. The van der Waals surface area contributed by atoms with Crippen molar-refractivity contribution in [2.75, 3.05) is 7.11 Å². The van der Waals surface area contributed by atoms with Crippen molar-refractivity contribution in [2.24, 2.45) is 0 Å². The van der Waals surface area contributed by atoms with E-state index in [0.29, 0.717) is 11.5 Å². The number of Topliss-reactive ketones (excluding diaryl/α,β-unsaturated/α-hetero) is 1. The average Bonchev–Trinajstić information content (AvgIpc) is 2.86. The summed E-state index contributed by atoms with van der Waals surface area (Å²) < 4.78 is 17.3. The van der Waals surface area contributed by atoms with Crippen molar-refractivity contribution in [3.05, 3.63) is 77.7 Å². The van der Waals surface area contributed by atoms with E-state index >= 15 is 0 Å². The first kappa shape index (κ1) is 23.1. The van der Waals surface area contributed by atoms with Crippen LogP contribution in [0.3, 0.4) is 0 Å². The second-order valence-corrected chi connectivity index (χ2v) is 7.29. The maximum atomic E-state index is 12.5. The quantitative estimate of drug-likeness (QED) is 0.283. The van der Waals surface area contributed by atoms with Gasteiger partial charge in [0, 0.05) is 12.4 Å². The second kappa shape index (κ2) is 10.2. The molecule has 0 aliphatic carbocycles. The summed E-state index contributed by atoms with van der Waals surface area (Å²) in [7, 11) is 1.51. The van der Waals surface area contributed by atoms with Crippen molar-refractivity contribution in [1.29, 1.82) is 0 Å². The molecule has 0 aliphatic rings. The van der Waals surface area contributed by atoms with Gasteiger partial charge in [-0.25, -0.2) is 15.0 Å². The lowest BCUT2D eigenvalue weighted by atomic mass is 10.1. The first-order chi connectivity index (χ1) is 16.5. The number of aliphatic hydroxyl groups is 1. The highest BCUT2D eigenvalue weighted by Gasteiger charge is 2.24. The number of carbonyl (C=O) groups excluding carboxylic acids is 1. The van der Waals surface area contributed by atoms with Crippen molar-refractivity contribution in [2.45, 2.75) is 13.0 Å². The number of hydrogen-bond donors (Lipinski definition) is 1. The molecule has 34 heavy (non-hydrogen) atoms. The summed E-state index contributed by atoms with van der Waals surface area (Å²) >= 11 is 6.49.